The number of halogens is 1. The zero-order valence-corrected chi connectivity index (χ0v) is 17.2. The van der Waals surface area contributed by atoms with Gasteiger partial charge in [-0.1, -0.05) is 18.2 Å². The van der Waals surface area contributed by atoms with Crippen LogP contribution in [0.3, 0.4) is 0 Å². The third kappa shape index (κ3) is 5.16. The van der Waals surface area contributed by atoms with Crippen molar-refractivity contribution in [3.05, 3.63) is 53.9 Å². The Balaban J connectivity index is 0.00000240. The highest BCUT2D eigenvalue weighted by molar-refractivity contribution is 5.94. The van der Waals surface area contributed by atoms with Crippen molar-refractivity contribution in [2.45, 2.75) is 37.8 Å². The zero-order valence-electron chi connectivity index (χ0n) is 16.4. The van der Waals surface area contributed by atoms with E-state index < -0.39 is 0 Å². The molecule has 2 fully saturated rings. The molecule has 4 rings (SSSR count). The molecule has 0 bridgehead atoms. The molecule has 2 amide bonds. The maximum atomic E-state index is 12.8. The van der Waals surface area contributed by atoms with E-state index >= 15 is 0 Å². The second-order valence-electron chi connectivity index (χ2n) is 7.59. The molecule has 1 unspecified atom stereocenters. The topological polar surface area (TPSA) is 79.3 Å². The maximum Gasteiger partial charge on any atom is 0.274 e. The van der Waals surface area contributed by atoms with E-state index in [1.54, 1.807) is 0 Å². The molecule has 2 saturated heterocycles. The summed E-state index contributed by atoms with van der Waals surface area (Å²) in [5, 5.41) is 11.0. The highest BCUT2D eigenvalue weighted by Crippen LogP contribution is 2.18. The first-order valence-electron chi connectivity index (χ1n) is 10.1. The molecule has 3 heterocycles. The average Bonchev–Trinajstić information content (AvgIpc) is 3.25. The molecule has 2 aliphatic rings. The Labute approximate surface area is 177 Å². The maximum absolute atomic E-state index is 12.8. The molecule has 156 valence electrons. The molecule has 8 heteroatoms. The summed E-state index contributed by atoms with van der Waals surface area (Å²) >= 11 is 0. The van der Waals surface area contributed by atoms with Crippen LogP contribution in [0.4, 0.5) is 0 Å². The van der Waals surface area contributed by atoms with Gasteiger partial charge >= 0.3 is 0 Å². The number of carbonyl (C=O) groups is 2. The van der Waals surface area contributed by atoms with E-state index in [9.17, 15) is 9.59 Å². The van der Waals surface area contributed by atoms with Gasteiger partial charge in [-0.2, -0.15) is 5.10 Å². The number of nitrogens with zero attached hydrogens (tertiary/aromatic N) is 3. The normalized spacial score (nSPS) is 20.0. The van der Waals surface area contributed by atoms with E-state index in [0.717, 1.165) is 38.8 Å². The fraction of sp³-hybridized carbons (Fsp3) is 0.476. The number of amides is 2. The molecule has 0 aliphatic carbocycles. The van der Waals surface area contributed by atoms with Crippen molar-refractivity contribution in [3.8, 4) is 0 Å². The molecule has 0 saturated carbocycles. The minimum atomic E-state index is -0.0507. The fourth-order valence-electron chi connectivity index (χ4n) is 3.96. The van der Waals surface area contributed by atoms with Crippen molar-refractivity contribution < 1.29 is 9.59 Å². The highest BCUT2D eigenvalue weighted by atomic mass is 35.5. The number of hydrogen-bond acceptors (Lipinski definition) is 4. The molecule has 2 aliphatic heterocycles. The molecule has 0 radical (unpaired) electrons. The van der Waals surface area contributed by atoms with Gasteiger partial charge in [-0.25, -0.2) is 0 Å². The summed E-state index contributed by atoms with van der Waals surface area (Å²) in [6.07, 6.45) is 5.66. The summed E-state index contributed by atoms with van der Waals surface area (Å²) in [5.74, 6) is -0.0689. The Morgan fingerprint density at radius 3 is 2.52 bits per heavy atom. The predicted molar refractivity (Wildman–Crippen MR) is 113 cm³/mol. The molecule has 1 aromatic heterocycles. The van der Waals surface area contributed by atoms with E-state index in [2.05, 4.69) is 15.7 Å². The first-order valence-corrected chi connectivity index (χ1v) is 10.1. The summed E-state index contributed by atoms with van der Waals surface area (Å²) in [5.41, 5.74) is 1.18. The van der Waals surface area contributed by atoms with Gasteiger partial charge in [0.2, 0.25) is 0 Å². The van der Waals surface area contributed by atoms with Crippen molar-refractivity contribution >= 4 is 24.2 Å². The van der Waals surface area contributed by atoms with Gasteiger partial charge < -0.3 is 15.5 Å². The van der Waals surface area contributed by atoms with Crippen molar-refractivity contribution in [1.82, 2.24) is 25.3 Å². The molecule has 1 atom stereocenters. The second-order valence-corrected chi connectivity index (χ2v) is 7.59. The Bertz CT molecular complexity index is 811. The number of carbonyl (C=O) groups excluding carboxylic acids is 2. The van der Waals surface area contributed by atoms with Crippen LogP contribution in [0.1, 0.15) is 52.6 Å². The van der Waals surface area contributed by atoms with Gasteiger partial charge in [0.1, 0.15) is 5.69 Å². The number of nitrogens with one attached hydrogen (secondary N) is 2. The van der Waals surface area contributed by atoms with Crippen molar-refractivity contribution in [2.24, 2.45) is 0 Å². The highest BCUT2D eigenvalue weighted by Gasteiger charge is 2.26. The summed E-state index contributed by atoms with van der Waals surface area (Å²) in [4.78, 5) is 26.9. The lowest BCUT2D eigenvalue weighted by atomic mass is 10.0. The lowest BCUT2D eigenvalue weighted by Gasteiger charge is -2.32. The number of aromatic nitrogens is 2. The SMILES string of the molecule is Cl.O=C(NC1CCN(C(=O)c2ccn(C3CCCNC3)n2)CC1)c1ccccc1. The van der Waals surface area contributed by atoms with E-state index in [1.807, 2.05) is 52.2 Å². The molecular formula is C21H28ClN5O2. The van der Waals surface area contributed by atoms with Crippen LogP contribution in [0, 0.1) is 0 Å². The summed E-state index contributed by atoms with van der Waals surface area (Å²) in [7, 11) is 0. The van der Waals surface area contributed by atoms with Crippen molar-refractivity contribution in [3.63, 3.8) is 0 Å². The molecular weight excluding hydrogens is 390 g/mol. The molecule has 2 N–H and O–H groups in total. The van der Waals surface area contributed by atoms with Gasteiger partial charge in [0, 0.05) is 37.4 Å². The lowest BCUT2D eigenvalue weighted by molar-refractivity contribution is 0.0691. The van der Waals surface area contributed by atoms with Crippen LogP contribution in [0.15, 0.2) is 42.6 Å². The summed E-state index contributed by atoms with van der Waals surface area (Å²) in [6.45, 7) is 3.23. The molecule has 1 aromatic carbocycles. The second kappa shape index (κ2) is 9.89. The van der Waals surface area contributed by atoms with Gasteiger partial charge in [0.15, 0.2) is 0 Å². The van der Waals surface area contributed by atoms with Crippen LogP contribution in [-0.2, 0) is 0 Å². The Hall–Kier alpha value is -2.38. The summed E-state index contributed by atoms with van der Waals surface area (Å²) < 4.78 is 1.92. The number of piperidine rings is 2. The zero-order chi connectivity index (χ0) is 19.3. The minimum Gasteiger partial charge on any atom is -0.349 e. The van der Waals surface area contributed by atoms with Gasteiger partial charge in [-0.3, -0.25) is 14.3 Å². The standard InChI is InChI=1S/C21H27N5O2.ClH/c27-20(16-5-2-1-3-6-16)23-17-8-12-25(13-9-17)21(28)19-10-14-26(24-19)18-7-4-11-22-15-18;/h1-3,5-6,10,14,17-18,22H,4,7-9,11-13,15H2,(H,23,27);1H. The van der Waals surface area contributed by atoms with Gasteiger partial charge in [0.05, 0.1) is 6.04 Å². The van der Waals surface area contributed by atoms with Crippen LogP contribution in [0.25, 0.3) is 0 Å². The van der Waals surface area contributed by atoms with Gasteiger partial charge in [-0.15, -0.1) is 12.4 Å². The van der Waals surface area contributed by atoms with Gasteiger partial charge in [-0.05, 0) is 50.4 Å². The Morgan fingerprint density at radius 1 is 1.07 bits per heavy atom. The van der Waals surface area contributed by atoms with E-state index in [0.29, 0.717) is 30.4 Å². The Kier molecular flexibility index (Phi) is 7.28. The summed E-state index contributed by atoms with van der Waals surface area (Å²) in [6, 6.07) is 11.5. The Morgan fingerprint density at radius 2 is 1.83 bits per heavy atom. The first kappa shape index (κ1) is 21.3. The molecule has 2 aromatic rings. The van der Waals surface area contributed by atoms with Crippen LogP contribution < -0.4 is 10.6 Å². The van der Waals surface area contributed by atoms with E-state index in [4.69, 9.17) is 0 Å². The fourth-order valence-corrected chi connectivity index (χ4v) is 3.96. The molecule has 29 heavy (non-hydrogen) atoms. The lowest BCUT2D eigenvalue weighted by Crippen LogP contribution is -2.46. The number of rotatable bonds is 4. The van der Waals surface area contributed by atoms with Crippen LogP contribution in [-0.4, -0.2) is 58.7 Å². The van der Waals surface area contributed by atoms with E-state index in [1.165, 1.54) is 0 Å². The monoisotopic (exact) mass is 417 g/mol. The largest absolute Gasteiger partial charge is 0.349 e. The van der Waals surface area contributed by atoms with Crippen LogP contribution in [0.5, 0.6) is 0 Å². The van der Waals surface area contributed by atoms with Crippen molar-refractivity contribution in [2.75, 3.05) is 26.2 Å². The van der Waals surface area contributed by atoms with Gasteiger partial charge in [0.25, 0.3) is 11.8 Å². The third-order valence-corrected chi connectivity index (χ3v) is 5.63. The number of benzene rings is 1. The molecule has 0 spiro atoms. The first-order chi connectivity index (χ1) is 13.7. The van der Waals surface area contributed by atoms with E-state index in [-0.39, 0.29) is 30.3 Å². The predicted octanol–water partition coefficient (Wildman–Crippen LogP) is 2.26. The van der Waals surface area contributed by atoms with Crippen LogP contribution in [0.2, 0.25) is 0 Å². The van der Waals surface area contributed by atoms with Crippen molar-refractivity contribution in [1.29, 1.82) is 0 Å². The smallest absolute Gasteiger partial charge is 0.274 e. The third-order valence-electron chi connectivity index (χ3n) is 5.63. The number of hydrogen-bond donors (Lipinski definition) is 2. The quantitative estimate of drug-likeness (QED) is 0.799. The van der Waals surface area contributed by atoms with Crippen LogP contribution >= 0.6 is 12.4 Å². The molecule has 7 nitrogen and oxygen atoms in total. The minimum absolute atomic E-state index is 0. The number of likely N-dealkylation sites (tertiary alicyclic amines) is 1. The average molecular weight is 418 g/mol.